The van der Waals surface area contributed by atoms with Crippen molar-refractivity contribution in [3.63, 3.8) is 0 Å². The van der Waals surface area contributed by atoms with E-state index in [9.17, 15) is 0 Å². The van der Waals surface area contributed by atoms with Crippen LogP contribution in [0.3, 0.4) is 0 Å². The molecule has 90 valence electrons. The zero-order chi connectivity index (χ0) is 12.0. The summed E-state index contributed by atoms with van der Waals surface area (Å²) in [5, 5.41) is 0. The number of aryl methyl sites for hydroxylation is 1. The Bertz CT molecular complexity index is 322. The number of nitrogens with zero attached hydrogens (tertiary/aromatic N) is 2. The second-order valence-electron chi connectivity index (χ2n) is 4.86. The minimum absolute atomic E-state index is 0.202. The molecule has 0 aliphatic rings. The molecule has 0 radical (unpaired) electrons. The molecule has 0 saturated carbocycles. The van der Waals surface area contributed by atoms with Crippen LogP contribution in [0.25, 0.3) is 0 Å². The number of unbranched alkanes of at least 4 members (excludes halogenated alkanes) is 2. The highest BCUT2D eigenvalue weighted by atomic mass is 14.8. The van der Waals surface area contributed by atoms with Gasteiger partial charge in [-0.1, -0.05) is 40.0 Å². The Morgan fingerprint density at radius 2 is 1.81 bits per heavy atom. The van der Waals surface area contributed by atoms with E-state index in [0.717, 1.165) is 12.1 Å². The fraction of sp³-hybridized carbons (Fsp3) is 0.714. The molecule has 1 aromatic rings. The molecule has 1 unspecified atom stereocenters. The minimum Gasteiger partial charge on any atom is -0.258 e. The van der Waals surface area contributed by atoms with E-state index in [1.54, 1.807) is 6.20 Å². The first kappa shape index (κ1) is 13.1. The molecule has 1 atom stereocenters. The van der Waals surface area contributed by atoms with Gasteiger partial charge >= 0.3 is 0 Å². The third-order valence-corrected chi connectivity index (χ3v) is 3.57. The van der Waals surface area contributed by atoms with E-state index >= 15 is 0 Å². The maximum Gasteiger partial charge on any atom is 0.0674 e. The second-order valence-corrected chi connectivity index (χ2v) is 4.86. The third-order valence-electron chi connectivity index (χ3n) is 3.57. The van der Waals surface area contributed by atoms with E-state index in [1.807, 2.05) is 6.20 Å². The van der Waals surface area contributed by atoms with Crippen LogP contribution >= 0.6 is 0 Å². The summed E-state index contributed by atoms with van der Waals surface area (Å²) in [6, 6.07) is 0. The van der Waals surface area contributed by atoms with Crippen LogP contribution in [0.1, 0.15) is 64.3 Å². The predicted molar refractivity (Wildman–Crippen MR) is 68.6 cm³/mol. The molecule has 1 rings (SSSR count). The molecule has 1 heterocycles. The van der Waals surface area contributed by atoms with E-state index in [4.69, 9.17) is 0 Å². The summed E-state index contributed by atoms with van der Waals surface area (Å²) in [6.45, 7) is 8.88. The number of rotatable bonds is 6. The third kappa shape index (κ3) is 3.03. The van der Waals surface area contributed by atoms with Crippen molar-refractivity contribution in [1.82, 2.24) is 9.97 Å². The number of hydrogen-bond donors (Lipinski definition) is 0. The van der Waals surface area contributed by atoms with Gasteiger partial charge in [-0.05, 0) is 19.8 Å². The monoisotopic (exact) mass is 220 g/mol. The Morgan fingerprint density at radius 1 is 1.12 bits per heavy atom. The SMILES string of the molecule is CCCCCC(C)(CC)c1nccnc1C. The molecule has 0 aliphatic heterocycles. The summed E-state index contributed by atoms with van der Waals surface area (Å²) in [4.78, 5) is 8.90. The Hall–Kier alpha value is -0.920. The van der Waals surface area contributed by atoms with Crippen molar-refractivity contribution in [1.29, 1.82) is 0 Å². The Labute approximate surface area is 99.5 Å². The maximum absolute atomic E-state index is 4.54. The molecule has 0 N–H and O–H groups in total. The molecule has 16 heavy (non-hydrogen) atoms. The average Bonchev–Trinajstić information content (AvgIpc) is 2.30. The molecule has 0 fully saturated rings. The van der Waals surface area contributed by atoms with Crippen molar-refractivity contribution in [2.45, 2.75) is 65.2 Å². The van der Waals surface area contributed by atoms with Crippen LogP contribution in [-0.2, 0) is 5.41 Å². The van der Waals surface area contributed by atoms with Crippen molar-refractivity contribution >= 4 is 0 Å². The summed E-state index contributed by atoms with van der Waals surface area (Å²) in [7, 11) is 0. The average molecular weight is 220 g/mol. The minimum atomic E-state index is 0.202. The predicted octanol–water partition coefficient (Wildman–Crippen LogP) is 4.03. The zero-order valence-electron chi connectivity index (χ0n) is 11.1. The molecule has 1 aromatic heterocycles. The fourth-order valence-corrected chi connectivity index (χ4v) is 2.23. The van der Waals surface area contributed by atoms with Crippen molar-refractivity contribution in [3.8, 4) is 0 Å². The van der Waals surface area contributed by atoms with Crippen molar-refractivity contribution in [3.05, 3.63) is 23.8 Å². The lowest BCUT2D eigenvalue weighted by atomic mass is 9.78. The van der Waals surface area contributed by atoms with E-state index in [1.165, 1.54) is 31.4 Å². The van der Waals surface area contributed by atoms with Gasteiger partial charge in [0.25, 0.3) is 0 Å². The Morgan fingerprint density at radius 3 is 2.38 bits per heavy atom. The van der Waals surface area contributed by atoms with Gasteiger partial charge < -0.3 is 0 Å². The Kier molecular flexibility index (Phi) is 4.91. The Balaban J connectivity index is 2.83. The normalized spacial score (nSPS) is 14.8. The lowest BCUT2D eigenvalue weighted by molar-refractivity contribution is 0.384. The molecule has 0 amide bonds. The topological polar surface area (TPSA) is 25.8 Å². The van der Waals surface area contributed by atoms with Crippen molar-refractivity contribution < 1.29 is 0 Å². The van der Waals surface area contributed by atoms with Crippen LogP contribution < -0.4 is 0 Å². The lowest BCUT2D eigenvalue weighted by Gasteiger charge is -2.28. The van der Waals surface area contributed by atoms with Gasteiger partial charge in [0.15, 0.2) is 0 Å². The van der Waals surface area contributed by atoms with Gasteiger partial charge in [-0.15, -0.1) is 0 Å². The van der Waals surface area contributed by atoms with Crippen molar-refractivity contribution in [2.24, 2.45) is 0 Å². The van der Waals surface area contributed by atoms with Gasteiger partial charge in [-0.2, -0.15) is 0 Å². The van der Waals surface area contributed by atoms with Crippen LogP contribution in [0, 0.1) is 6.92 Å². The first-order valence-electron chi connectivity index (χ1n) is 6.42. The molecule has 0 bridgehead atoms. The summed E-state index contributed by atoms with van der Waals surface area (Å²) < 4.78 is 0. The summed E-state index contributed by atoms with van der Waals surface area (Å²) in [5.74, 6) is 0. The standard InChI is InChI=1S/C14H24N2/c1-5-7-8-9-14(4,6-2)13-12(3)15-10-11-16-13/h10-11H,5-9H2,1-4H3. The molecular formula is C14H24N2. The van der Waals surface area contributed by atoms with Gasteiger partial charge in [0, 0.05) is 17.8 Å². The van der Waals surface area contributed by atoms with Crippen LogP contribution in [0.2, 0.25) is 0 Å². The highest BCUT2D eigenvalue weighted by molar-refractivity contribution is 5.19. The van der Waals surface area contributed by atoms with E-state index in [-0.39, 0.29) is 5.41 Å². The number of aromatic nitrogens is 2. The smallest absolute Gasteiger partial charge is 0.0674 e. The van der Waals surface area contributed by atoms with Gasteiger partial charge in [0.05, 0.1) is 11.4 Å². The van der Waals surface area contributed by atoms with Gasteiger partial charge in [-0.3, -0.25) is 9.97 Å². The van der Waals surface area contributed by atoms with Gasteiger partial charge in [0.2, 0.25) is 0 Å². The van der Waals surface area contributed by atoms with Crippen molar-refractivity contribution in [2.75, 3.05) is 0 Å². The molecule has 2 nitrogen and oxygen atoms in total. The van der Waals surface area contributed by atoms with Crippen LogP contribution in [0.15, 0.2) is 12.4 Å². The highest BCUT2D eigenvalue weighted by Gasteiger charge is 2.27. The van der Waals surface area contributed by atoms with Gasteiger partial charge in [-0.25, -0.2) is 0 Å². The van der Waals surface area contributed by atoms with Crippen LogP contribution in [0.5, 0.6) is 0 Å². The summed E-state index contributed by atoms with van der Waals surface area (Å²) in [5.41, 5.74) is 2.48. The maximum atomic E-state index is 4.54. The van der Waals surface area contributed by atoms with Gasteiger partial charge in [0.1, 0.15) is 0 Å². The summed E-state index contributed by atoms with van der Waals surface area (Å²) >= 11 is 0. The molecule has 0 saturated heterocycles. The fourth-order valence-electron chi connectivity index (χ4n) is 2.23. The molecule has 0 aromatic carbocycles. The lowest BCUT2D eigenvalue weighted by Crippen LogP contribution is -2.24. The largest absolute Gasteiger partial charge is 0.258 e. The van der Waals surface area contributed by atoms with E-state index in [2.05, 4.69) is 37.7 Å². The van der Waals surface area contributed by atoms with E-state index < -0.39 is 0 Å². The van der Waals surface area contributed by atoms with Crippen LogP contribution in [-0.4, -0.2) is 9.97 Å². The highest BCUT2D eigenvalue weighted by Crippen LogP contribution is 2.32. The second kappa shape index (κ2) is 5.97. The molecular weight excluding hydrogens is 196 g/mol. The molecule has 0 spiro atoms. The van der Waals surface area contributed by atoms with Crippen LogP contribution in [0.4, 0.5) is 0 Å². The molecule has 0 aliphatic carbocycles. The summed E-state index contributed by atoms with van der Waals surface area (Å²) in [6.07, 6.45) is 9.83. The first-order chi connectivity index (χ1) is 7.64. The first-order valence-corrected chi connectivity index (χ1v) is 6.42. The quantitative estimate of drug-likeness (QED) is 0.676. The zero-order valence-corrected chi connectivity index (χ0v) is 11.1. The number of hydrogen-bond acceptors (Lipinski definition) is 2. The van der Waals surface area contributed by atoms with E-state index in [0.29, 0.717) is 0 Å². The molecule has 2 heteroatoms.